The Morgan fingerprint density at radius 2 is 0.976 bits per heavy atom. The van der Waals surface area contributed by atoms with Crippen LogP contribution in [0, 0.1) is 20.8 Å². The van der Waals surface area contributed by atoms with E-state index in [-0.39, 0.29) is 0 Å². The van der Waals surface area contributed by atoms with Gasteiger partial charge in [-0.05, 0) is 84.2 Å². The zero-order chi connectivity index (χ0) is 28.3. The molecule has 0 aliphatic heterocycles. The van der Waals surface area contributed by atoms with Crippen molar-refractivity contribution in [2.24, 2.45) is 0 Å². The summed E-state index contributed by atoms with van der Waals surface area (Å²) < 4.78 is 20.2. The molecule has 0 atom stereocenters. The van der Waals surface area contributed by atoms with Crippen LogP contribution in [0.1, 0.15) is 42.0 Å². The molecule has 204 valence electrons. The van der Waals surface area contributed by atoms with Gasteiger partial charge in [0.2, 0.25) is 0 Å². The van der Waals surface area contributed by atoms with Gasteiger partial charge in [0.15, 0.2) is 0 Å². The van der Waals surface area contributed by atoms with Crippen molar-refractivity contribution < 1.29 is 14.0 Å². The van der Waals surface area contributed by atoms with Gasteiger partial charge < -0.3 is 14.0 Å². The van der Waals surface area contributed by atoms with E-state index < -0.39 is 7.32 Å². The third-order valence-corrected chi connectivity index (χ3v) is 7.94. The molecule has 4 heteroatoms. The first-order chi connectivity index (χ1) is 20.0. The number of hydrogen-bond donors (Lipinski definition) is 0. The molecule has 3 nitrogen and oxygen atoms in total. The molecule has 0 unspecified atom stereocenters. The average Bonchev–Trinajstić information content (AvgIpc) is 3.00. The Morgan fingerprint density at radius 3 is 1.49 bits per heavy atom. The summed E-state index contributed by atoms with van der Waals surface area (Å²) in [6.45, 7) is 8.62. The lowest BCUT2D eigenvalue weighted by Crippen LogP contribution is -2.37. The van der Waals surface area contributed by atoms with Crippen molar-refractivity contribution in [2.75, 3.05) is 0 Å². The molecule has 0 amide bonds. The maximum absolute atomic E-state index is 6.83. The van der Waals surface area contributed by atoms with Gasteiger partial charge in [0.25, 0.3) is 0 Å². The van der Waals surface area contributed by atoms with E-state index in [4.69, 9.17) is 14.0 Å². The van der Waals surface area contributed by atoms with E-state index in [0.29, 0.717) is 0 Å². The summed E-state index contributed by atoms with van der Waals surface area (Å²) in [6.07, 6.45) is 3.10. The number of unbranched alkanes of at least 4 members (excludes halogenated alkanes) is 1. The lowest BCUT2D eigenvalue weighted by molar-refractivity contribution is 0.310. The van der Waals surface area contributed by atoms with Crippen LogP contribution in [0.15, 0.2) is 103 Å². The smallest absolute Gasteiger partial charge is 0.489 e. The fourth-order valence-corrected chi connectivity index (χ4v) is 5.72. The van der Waals surface area contributed by atoms with E-state index in [1.54, 1.807) is 0 Å². The van der Waals surface area contributed by atoms with Crippen LogP contribution in [0.3, 0.4) is 0 Å². The maximum Gasteiger partial charge on any atom is 0.864 e. The molecule has 0 bridgehead atoms. The van der Waals surface area contributed by atoms with E-state index in [2.05, 4.69) is 107 Å². The van der Waals surface area contributed by atoms with Crippen molar-refractivity contribution in [2.45, 2.75) is 47.0 Å². The molecular weight excluding hydrogens is 503 g/mol. The second-order valence-corrected chi connectivity index (χ2v) is 10.8. The van der Waals surface area contributed by atoms with Gasteiger partial charge in [-0.15, -0.1) is 0 Å². The molecule has 0 saturated heterocycles. The van der Waals surface area contributed by atoms with Gasteiger partial charge in [-0.1, -0.05) is 104 Å². The summed E-state index contributed by atoms with van der Waals surface area (Å²) in [7, 11) is -1.02. The molecule has 0 radical (unpaired) electrons. The number of aryl methyl sites for hydroxylation is 4. The Bertz CT molecular complexity index is 1770. The van der Waals surface area contributed by atoms with Crippen LogP contribution in [-0.4, -0.2) is 7.32 Å². The van der Waals surface area contributed by atoms with Gasteiger partial charge in [-0.25, -0.2) is 0 Å². The van der Waals surface area contributed by atoms with Gasteiger partial charge in [0.1, 0.15) is 17.2 Å². The van der Waals surface area contributed by atoms with Gasteiger partial charge in [0, 0.05) is 16.2 Å². The summed E-state index contributed by atoms with van der Waals surface area (Å²) in [5.41, 5.74) is 4.80. The average molecular weight is 538 g/mol. The second kappa shape index (κ2) is 11.6. The fraction of sp³-hybridized carbons (Fsp3) is 0.189. The summed E-state index contributed by atoms with van der Waals surface area (Å²) in [4.78, 5) is 0. The Morgan fingerprint density at radius 1 is 0.512 bits per heavy atom. The molecule has 6 aromatic carbocycles. The lowest BCUT2D eigenvalue weighted by Gasteiger charge is -2.22. The Labute approximate surface area is 242 Å². The van der Waals surface area contributed by atoms with E-state index >= 15 is 0 Å². The van der Waals surface area contributed by atoms with Gasteiger partial charge in [-0.2, -0.15) is 0 Å². The summed E-state index contributed by atoms with van der Waals surface area (Å²) >= 11 is 0. The number of rotatable bonds is 9. The van der Waals surface area contributed by atoms with Crippen LogP contribution in [0.2, 0.25) is 0 Å². The van der Waals surface area contributed by atoms with Crippen molar-refractivity contribution in [3.05, 3.63) is 125 Å². The standard InChI is InChI=1S/C37H35BO3/c1-5-6-13-28-24-27(4)31-16-9-12-19-34(31)37(28)41-38(39-35-22-20-25(2)29-14-7-10-17-32(29)35)40-36-23-21-26(3)30-15-8-11-18-33(30)36/h7-12,14-24H,5-6,13H2,1-4H3. The predicted molar refractivity (Wildman–Crippen MR) is 172 cm³/mol. The quantitative estimate of drug-likeness (QED) is 0.172. The third kappa shape index (κ3) is 5.35. The first-order valence-electron chi connectivity index (χ1n) is 14.5. The van der Waals surface area contributed by atoms with Crippen LogP contribution in [-0.2, 0) is 6.42 Å². The second-order valence-electron chi connectivity index (χ2n) is 10.8. The highest BCUT2D eigenvalue weighted by Gasteiger charge is 2.33. The van der Waals surface area contributed by atoms with Crippen LogP contribution in [0.25, 0.3) is 32.3 Å². The minimum atomic E-state index is -1.02. The van der Waals surface area contributed by atoms with Crippen LogP contribution in [0.5, 0.6) is 17.2 Å². The highest BCUT2D eigenvalue weighted by atomic mass is 16.7. The van der Waals surface area contributed by atoms with Crippen molar-refractivity contribution in [1.82, 2.24) is 0 Å². The molecule has 0 saturated carbocycles. The van der Waals surface area contributed by atoms with Crippen molar-refractivity contribution in [1.29, 1.82) is 0 Å². The molecule has 0 aliphatic rings. The topological polar surface area (TPSA) is 27.7 Å². The van der Waals surface area contributed by atoms with Crippen molar-refractivity contribution >= 4 is 39.6 Å². The van der Waals surface area contributed by atoms with E-state index in [0.717, 1.165) is 63.4 Å². The number of hydrogen-bond acceptors (Lipinski definition) is 3. The molecular formula is C37H35BO3. The van der Waals surface area contributed by atoms with Gasteiger partial charge in [-0.3, -0.25) is 0 Å². The highest BCUT2D eigenvalue weighted by molar-refractivity contribution is 6.40. The molecule has 0 heterocycles. The highest BCUT2D eigenvalue weighted by Crippen LogP contribution is 2.36. The van der Waals surface area contributed by atoms with Gasteiger partial charge >= 0.3 is 7.32 Å². The Kier molecular flexibility index (Phi) is 7.56. The zero-order valence-corrected chi connectivity index (χ0v) is 24.2. The first kappa shape index (κ1) is 26.8. The monoisotopic (exact) mass is 538 g/mol. The molecule has 0 N–H and O–H groups in total. The maximum atomic E-state index is 6.83. The molecule has 6 aromatic rings. The Balaban J connectivity index is 1.48. The van der Waals surface area contributed by atoms with Crippen LogP contribution >= 0.6 is 0 Å². The lowest BCUT2D eigenvalue weighted by atomic mass is 9.96. The molecule has 6 rings (SSSR count). The SMILES string of the molecule is CCCCc1cc(C)c2ccccc2c1OB(Oc1ccc(C)c2ccccc12)Oc1ccc(C)c2ccccc12. The third-order valence-electron chi connectivity index (χ3n) is 7.94. The van der Waals surface area contributed by atoms with Crippen molar-refractivity contribution in [3.8, 4) is 17.2 Å². The minimum absolute atomic E-state index is 0.721. The van der Waals surface area contributed by atoms with E-state index in [1.807, 2.05) is 24.3 Å². The molecule has 0 aromatic heterocycles. The summed E-state index contributed by atoms with van der Waals surface area (Å²) in [5.74, 6) is 2.26. The fourth-order valence-electron chi connectivity index (χ4n) is 5.72. The molecule has 0 aliphatic carbocycles. The molecule has 0 spiro atoms. The summed E-state index contributed by atoms with van der Waals surface area (Å²) in [5, 5.41) is 6.58. The normalized spacial score (nSPS) is 11.2. The first-order valence-corrected chi connectivity index (χ1v) is 14.5. The Hall–Kier alpha value is -4.44. The van der Waals surface area contributed by atoms with Gasteiger partial charge in [0.05, 0.1) is 0 Å². The van der Waals surface area contributed by atoms with Crippen LogP contribution in [0.4, 0.5) is 0 Å². The molecule has 0 fully saturated rings. The predicted octanol–water partition coefficient (Wildman–Crippen LogP) is 9.94. The van der Waals surface area contributed by atoms with E-state index in [1.165, 1.54) is 27.6 Å². The number of benzene rings is 6. The van der Waals surface area contributed by atoms with E-state index in [9.17, 15) is 0 Å². The van der Waals surface area contributed by atoms with Crippen LogP contribution < -0.4 is 14.0 Å². The number of fused-ring (bicyclic) bond motifs is 3. The zero-order valence-electron chi connectivity index (χ0n) is 24.2. The summed E-state index contributed by atoms with van der Waals surface area (Å²) in [6, 6.07) is 35.5. The molecule has 41 heavy (non-hydrogen) atoms. The minimum Gasteiger partial charge on any atom is -0.489 e. The van der Waals surface area contributed by atoms with Crippen molar-refractivity contribution in [3.63, 3.8) is 0 Å². The largest absolute Gasteiger partial charge is 0.864 e.